The lowest BCUT2D eigenvalue weighted by molar-refractivity contribution is -0.152. The van der Waals surface area contributed by atoms with Gasteiger partial charge in [0.15, 0.2) is 5.76 Å². The van der Waals surface area contributed by atoms with E-state index in [0.29, 0.717) is 30.2 Å². The molecule has 0 aromatic carbocycles. The maximum Gasteiger partial charge on any atom is 0.286 e. The fourth-order valence-corrected chi connectivity index (χ4v) is 3.05. The SMILES string of the molecule is O=C(NC1CC1)C1=C[C@H](C2CCC2)C[C@H](OCCCCO)O1. The van der Waals surface area contributed by atoms with E-state index in [2.05, 4.69) is 5.32 Å². The number of amides is 1. The van der Waals surface area contributed by atoms with Gasteiger partial charge in [-0.25, -0.2) is 0 Å². The minimum Gasteiger partial charge on any atom is -0.459 e. The molecule has 2 aliphatic carbocycles. The molecule has 0 saturated heterocycles. The van der Waals surface area contributed by atoms with Gasteiger partial charge in [0, 0.05) is 19.1 Å². The summed E-state index contributed by atoms with van der Waals surface area (Å²) in [7, 11) is 0. The molecule has 1 heterocycles. The molecule has 2 atom stereocenters. The smallest absolute Gasteiger partial charge is 0.286 e. The summed E-state index contributed by atoms with van der Waals surface area (Å²) in [6.07, 6.45) is 10.0. The van der Waals surface area contributed by atoms with Gasteiger partial charge in [0.25, 0.3) is 5.91 Å². The van der Waals surface area contributed by atoms with E-state index in [0.717, 1.165) is 32.1 Å². The molecule has 0 aromatic heterocycles. The van der Waals surface area contributed by atoms with Gasteiger partial charge >= 0.3 is 0 Å². The van der Waals surface area contributed by atoms with Crippen LogP contribution in [0, 0.1) is 11.8 Å². The first-order valence-electron chi connectivity index (χ1n) is 8.68. The van der Waals surface area contributed by atoms with Gasteiger partial charge in [-0.1, -0.05) is 6.42 Å². The maximum atomic E-state index is 12.3. The molecule has 0 bridgehead atoms. The summed E-state index contributed by atoms with van der Waals surface area (Å²) in [6, 6.07) is 0.338. The Labute approximate surface area is 132 Å². The highest BCUT2D eigenvalue weighted by molar-refractivity contribution is 5.92. The van der Waals surface area contributed by atoms with Crippen LogP contribution in [0.3, 0.4) is 0 Å². The number of rotatable bonds is 8. The van der Waals surface area contributed by atoms with Gasteiger partial charge in [0.05, 0.1) is 6.61 Å². The van der Waals surface area contributed by atoms with Crippen LogP contribution >= 0.6 is 0 Å². The van der Waals surface area contributed by atoms with Crippen LogP contribution in [0.1, 0.15) is 51.4 Å². The van der Waals surface area contributed by atoms with Crippen molar-refractivity contribution in [3.63, 3.8) is 0 Å². The zero-order valence-corrected chi connectivity index (χ0v) is 13.1. The predicted molar refractivity (Wildman–Crippen MR) is 81.8 cm³/mol. The minimum atomic E-state index is -0.325. The molecule has 2 N–H and O–H groups in total. The van der Waals surface area contributed by atoms with E-state index in [1.54, 1.807) is 0 Å². The van der Waals surface area contributed by atoms with Crippen molar-refractivity contribution in [2.45, 2.75) is 63.7 Å². The predicted octanol–water partition coefficient (Wildman–Crippen LogP) is 2.10. The second kappa shape index (κ2) is 7.47. The topological polar surface area (TPSA) is 67.8 Å². The lowest BCUT2D eigenvalue weighted by atomic mass is 9.73. The standard InChI is InChI=1S/C17H27NO4/c19-8-1-2-9-21-16-11-13(12-4-3-5-12)10-15(22-16)17(20)18-14-6-7-14/h10,12-14,16,19H,1-9,11H2,(H,18,20)/t13-,16+/m0/s1. The van der Waals surface area contributed by atoms with Gasteiger partial charge in [0.1, 0.15) is 0 Å². The van der Waals surface area contributed by atoms with Gasteiger partial charge < -0.3 is 19.9 Å². The third kappa shape index (κ3) is 4.23. The van der Waals surface area contributed by atoms with E-state index in [1.807, 2.05) is 6.08 Å². The van der Waals surface area contributed by atoms with Crippen LogP contribution < -0.4 is 5.32 Å². The van der Waals surface area contributed by atoms with Gasteiger partial charge in [-0.2, -0.15) is 0 Å². The fourth-order valence-electron chi connectivity index (χ4n) is 3.05. The molecule has 0 radical (unpaired) electrons. The summed E-state index contributed by atoms with van der Waals surface area (Å²) in [5.41, 5.74) is 0. The molecule has 1 aliphatic heterocycles. The molecule has 0 unspecified atom stereocenters. The number of aliphatic hydroxyl groups is 1. The molecule has 124 valence electrons. The molecule has 2 saturated carbocycles. The highest BCUT2D eigenvalue weighted by atomic mass is 16.7. The van der Waals surface area contributed by atoms with Crippen LogP contribution in [0.25, 0.3) is 0 Å². The molecular weight excluding hydrogens is 282 g/mol. The Morgan fingerprint density at radius 2 is 2.14 bits per heavy atom. The Balaban J connectivity index is 1.56. The monoisotopic (exact) mass is 309 g/mol. The van der Waals surface area contributed by atoms with E-state index >= 15 is 0 Å². The minimum absolute atomic E-state index is 0.0875. The number of carbonyl (C=O) groups is 1. The third-order valence-corrected chi connectivity index (χ3v) is 4.84. The first-order chi connectivity index (χ1) is 10.8. The quantitative estimate of drug-likeness (QED) is 0.674. The first-order valence-corrected chi connectivity index (χ1v) is 8.68. The van der Waals surface area contributed by atoms with E-state index in [4.69, 9.17) is 14.6 Å². The van der Waals surface area contributed by atoms with E-state index < -0.39 is 0 Å². The second-order valence-electron chi connectivity index (χ2n) is 6.72. The number of ether oxygens (including phenoxy) is 2. The van der Waals surface area contributed by atoms with Gasteiger partial charge in [0.2, 0.25) is 6.29 Å². The molecule has 3 aliphatic rings. The van der Waals surface area contributed by atoms with Crippen LogP contribution in [-0.2, 0) is 14.3 Å². The van der Waals surface area contributed by atoms with Crippen molar-refractivity contribution in [2.24, 2.45) is 11.8 Å². The number of carbonyl (C=O) groups excluding carboxylic acids is 1. The zero-order chi connectivity index (χ0) is 15.4. The molecule has 0 spiro atoms. The number of nitrogens with one attached hydrogen (secondary N) is 1. The second-order valence-corrected chi connectivity index (χ2v) is 6.72. The molecule has 0 aromatic rings. The zero-order valence-electron chi connectivity index (χ0n) is 13.1. The number of hydrogen-bond acceptors (Lipinski definition) is 4. The lowest BCUT2D eigenvalue weighted by Crippen LogP contribution is -2.37. The number of aliphatic hydroxyl groups excluding tert-OH is 1. The van der Waals surface area contributed by atoms with Crippen molar-refractivity contribution < 1.29 is 19.4 Å². The van der Waals surface area contributed by atoms with E-state index in [1.165, 1.54) is 19.3 Å². The largest absolute Gasteiger partial charge is 0.459 e. The number of allylic oxidation sites excluding steroid dienone is 1. The Morgan fingerprint density at radius 3 is 2.77 bits per heavy atom. The Morgan fingerprint density at radius 1 is 1.32 bits per heavy atom. The normalized spacial score (nSPS) is 28.5. The van der Waals surface area contributed by atoms with Crippen LogP contribution in [-0.4, -0.2) is 36.6 Å². The summed E-state index contributed by atoms with van der Waals surface area (Å²) in [5, 5.41) is 11.8. The van der Waals surface area contributed by atoms with Gasteiger partial charge in [-0.05, 0) is 56.4 Å². The first kappa shape index (κ1) is 15.8. The highest BCUT2D eigenvalue weighted by Gasteiger charge is 2.35. The van der Waals surface area contributed by atoms with Crippen LogP contribution in [0.15, 0.2) is 11.8 Å². The molecule has 3 rings (SSSR count). The van der Waals surface area contributed by atoms with Crippen molar-refractivity contribution in [1.29, 1.82) is 0 Å². The summed E-state index contributed by atoms with van der Waals surface area (Å²) < 4.78 is 11.6. The Bertz CT molecular complexity index is 415. The summed E-state index contributed by atoms with van der Waals surface area (Å²) >= 11 is 0. The van der Waals surface area contributed by atoms with E-state index in [9.17, 15) is 4.79 Å². The van der Waals surface area contributed by atoms with Crippen molar-refractivity contribution in [3.8, 4) is 0 Å². The Hall–Kier alpha value is -1.07. The average molecular weight is 309 g/mol. The highest BCUT2D eigenvalue weighted by Crippen LogP contribution is 2.40. The van der Waals surface area contributed by atoms with Gasteiger partial charge in [-0.15, -0.1) is 0 Å². The van der Waals surface area contributed by atoms with E-state index in [-0.39, 0.29) is 18.8 Å². The third-order valence-electron chi connectivity index (χ3n) is 4.84. The molecule has 5 nitrogen and oxygen atoms in total. The molecule has 2 fully saturated rings. The summed E-state index contributed by atoms with van der Waals surface area (Å²) in [6.45, 7) is 0.759. The van der Waals surface area contributed by atoms with Crippen LogP contribution in [0.4, 0.5) is 0 Å². The molecule has 1 amide bonds. The van der Waals surface area contributed by atoms with Crippen molar-refractivity contribution in [1.82, 2.24) is 5.32 Å². The summed E-state index contributed by atoms with van der Waals surface area (Å²) in [4.78, 5) is 12.3. The molecule has 5 heteroatoms. The average Bonchev–Trinajstić information content (AvgIpc) is 3.25. The van der Waals surface area contributed by atoms with Crippen LogP contribution in [0.5, 0.6) is 0 Å². The lowest BCUT2D eigenvalue weighted by Gasteiger charge is -2.37. The number of unbranched alkanes of at least 4 members (excludes halogenated alkanes) is 1. The maximum absolute atomic E-state index is 12.3. The van der Waals surface area contributed by atoms with Crippen molar-refractivity contribution in [2.75, 3.05) is 13.2 Å². The van der Waals surface area contributed by atoms with Gasteiger partial charge in [-0.3, -0.25) is 4.79 Å². The summed E-state index contributed by atoms with van der Waals surface area (Å²) in [5.74, 6) is 1.43. The fraction of sp³-hybridized carbons (Fsp3) is 0.824. The van der Waals surface area contributed by atoms with Crippen molar-refractivity contribution >= 4 is 5.91 Å². The molecule has 22 heavy (non-hydrogen) atoms. The van der Waals surface area contributed by atoms with Crippen molar-refractivity contribution in [3.05, 3.63) is 11.8 Å². The van der Waals surface area contributed by atoms with Crippen LogP contribution in [0.2, 0.25) is 0 Å². The number of hydrogen-bond donors (Lipinski definition) is 2. The Kier molecular flexibility index (Phi) is 5.37. The molecular formula is C17H27NO4.